The Kier molecular flexibility index (Phi) is 3.62. The van der Waals surface area contributed by atoms with E-state index < -0.39 is 0 Å². The van der Waals surface area contributed by atoms with Crippen LogP contribution >= 0.6 is 0 Å². The van der Waals surface area contributed by atoms with Crippen molar-refractivity contribution in [3.8, 4) is 11.1 Å². The average molecular weight is 279 g/mol. The topological polar surface area (TPSA) is 26.0 Å². The van der Waals surface area contributed by atoms with Crippen LogP contribution in [0.15, 0.2) is 54.6 Å². The summed E-state index contributed by atoms with van der Waals surface area (Å²) in [5.41, 5.74) is 10.6. The van der Waals surface area contributed by atoms with Crippen LogP contribution in [0.2, 0.25) is 0 Å². The van der Waals surface area contributed by atoms with E-state index >= 15 is 0 Å². The Bertz CT molecular complexity index is 585. The first-order chi connectivity index (χ1) is 9.99. The Balaban J connectivity index is 1.81. The maximum atomic E-state index is 6.28. The number of benzene rings is 2. The van der Waals surface area contributed by atoms with Crippen LogP contribution in [0.25, 0.3) is 11.1 Å². The highest BCUT2D eigenvalue weighted by Crippen LogP contribution is 2.42. The molecule has 0 radical (unpaired) electrons. The molecular formula is C20H25N. The number of nitrogens with two attached hydrogens (primary N) is 1. The van der Waals surface area contributed by atoms with E-state index in [4.69, 9.17) is 5.73 Å². The normalized spacial score (nSPS) is 29.3. The molecule has 110 valence electrons. The predicted molar refractivity (Wildman–Crippen MR) is 90.3 cm³/mol. The number of rotatable bonds is 2. The van der Waals surface area contributed by atoms with Crippen LogP contribution in [0, 0.1) is 0 Å². The maximum absolute atomic E-state index is 6.28. The highest BCUT2D eigenvalue weighted by Gasteiger charge is 2.36. The van der Waals surface area contributed by atoms with Gasteiger partial charge in [-0.3, -0.25) is 0 Å². The minimum Gasteiger partial charge on any atom is -0.325 e. The average Bonchev–Trinajstić information content (AvgIpc) is 2.52. The van der Waals surface area contributed by atoms with E-state index in [-0.39, 0.29) is 11.0 Å². The number of hydrogen-bond donors (Lipinski definition) is 1. The Morgan fingerprint density at radius 2 is 1.24 bits per heavy atom. The van der Waals surface area contributed by atoms with Crippen LogP contribution in [0.1, 0.15) is 45.1 Å². The maximum Gasteiger partial charge on any atom is 0.0126 e. The van der Waals surface area contributed by atoms with E-state index in [2.05, 4.69) is 68.4 Å². The lowest BCUT2D eigenvalue weighted by Gasteiger charge is -2.41. The fourth-order valence-corrected chi connectivity index (χ4v) is 3.36. The van der Waals surface area contributed by atoms with Gasteiger partial charge in [0.25, 0.3) is 0 Å². The molecule has 1 heteroatoms. The van der Waals surface area contributed by atoms with Crippen molar-refractivity contribution >= 4 is 0 Å². The molecule has 3 rings (SSSR count). The van der Waals surface area contributed by atoms with E-state index in [0.717, 1.165) is 12.8 Å². The van der Waals surface area contributed by atoms with Gasteiger partial charge in [0.05, 0.1) is 0 Å². The highest BCUT2D eigenvalue weighted by molar-refractivity contribution is 5.63. The number of hydrogen-bond acceptors (Lipinski definition) is 1. The summed E-state index contributed by atoms with van der Waals surface area (Å²) in [6, 6.07) is 19.7. The van der Waals surface area contributed by atoms with Crippen molar-refractivity contribution in [2.24, 2.45) is 5.73 Å². The van der Waals surface area contributed by atoms with E-state index in [1.165, 1.54) is 29.5 Å². The third-order valence-electron chi connectivity index (χ3n) is 5.18. The second kappa shape index (κ2) is 5.31. The summed E-state index contributed by atoms with van der Waals surface area (Å²) in [6.07, 6.45) is 4.60. The molecule has 0 aromatic heterocycles. The molecule has 2 aromatic carbocycles. The molecule has 0 saturated heterocycles. The molecule has 0 spiro atoms. The van der Waals surface area contributed by atoms with Gasteiger partial charge in [0.2, 0.25) is 0 Å². The molecule has 1 fully saturated rings. The van der Waals surface area contributed by atoms with Gasteiger partial charge in [-0.2, -0.15) is 0 Å². The van der Waals surface area contributed by atoms with Gasteiger partial charge in [-0.15, -0.1) is 0 Å². The fraction of sp³-hybridized carbons (Fsp3) is 0.400. The van der Waals surface area contributed by atoms with E-state index in [1.54, 1.807) is 0 Å². The Hall–Kier alpha value is -1.60. The quantitative estimate of drug-likeness (QED) is 0.831. The minimum absolute atomic E-state index is 0.0312. The van der Waals surface area contributed by atoms with Crippen molar-refractivity contribution in [2.75, 3.05) is 0 Å². The van der Waals surface area contributed by atoms with Crippen molar-refractivity contribution in [3.05, 3.63) is 60.2 Å². The predicted octanol–water partition coefficient (Wildman–Crippen LogP) is 4.90. The molecule has 1 saturated carbocycles. The summed E-state index contributed by atoms with van der Waals surface area (Å²) in [4.78, 5) is 0. The van der Waals surface area contributed by atoms with Crippen LogP contribution < -0.4 is 5.73 Å². The van der Waals surface area contributed by atoms with Crippen LogP contribution in [0.4, 0.5) is 0 Å². The van der Waals surface area contributed by atoms with Gasteiger partial charge in [-0.1, -0.05) is 61.5 Å². The van der Waals surface area contributed by atoms with Crippen molar-refractivity contribution < 1.29 is 0 Å². The summed E-state index contributed by atoms with van der Waals surface area (Å²) >= 11 is 0. The summed E-state index contributed by atoms with van der Waals surface area (Å²) < 4.78 is 0. The third kappa shape index (κ3) is 3.03. The van der Waals surface area contributed by atoms with Crippen molar-refractivity contribution in [1.29, 1.82) is 0 Å². The Morgan fingerprint density at radius 3 is 1.81 bits per heavy atom. The molecule has 21 heavy (non-hydrogen) atoms. The molecule has 2 aromatic rings. The molecule has 1 aliphatic carbocycles. The smallest absolute Gasteiger partial charge is 0.0126 e. The van der Waals surface area contributed by atoms with Crippen LogP contribution in [-0.2, 0) is 5.41 Å². The zero-order valence-electron chi connectivity index (χ0n) is 13.1. The van der Waals surface area contributed by atoms with E-state index in [1.807, 2.05) is 0 Å². The molecule has 0 atom stereocenters. The zero-order valence-corrected chi connectivity index (χ0v) is 13.1. The molecule has 2 N–H and O–H groups in total. The van der Waals surface area contributed by atoms with Gasteiger partial charge in [0, 0.05) is 5.54 Å². The Morgan fingerprint density at radius 1 is 0.714 bits per heavy atom. The molecule has 1 nitrogen and oxygen atoms in total. The molecule has 0 heterocycles. The summed E-state index contributed by atoms with van der Waals surface area (Å²) in [5, 5.41) is 0. The third-order valence-corrected chi connectivity index (χ3v) is 5.18. The van der Waals surface area contributed by atoms with Crippen LogP contribution in [0.5, 0.6) is 0 Å². The van der Waals surface area contributed by atoms with Gasteiger partial charge in [0.15, 0.2) is 0 Å². The Labute approximate surface area is 128 Å². The fourth-order valence-electron chi connectivity index (χ4n) is 3.36. The second-order valence-corrected chi connectivity index (χ2v) is 7.16. The van der Waals surface area contributed by atoms with Crippen LogP contribution in [0.3, 0.4) is 0 Å². The van der Waals surface area contributed by atoms with Gasteiger partial charge < -0.3 is 5.73 Å². The summed E-state index contributed by atoms with van der Waals surface area (Å²) in [5.74, 6) is 0. The molecule has 0 aliphatic heterocycles. The van der Waals surface area contributed by atoms with Crippen molar-refractivity contribution in [2.45, 2.75) is 50.5 Å². The van der Waals surface area contributed by atoms with Gasteiger partial charge in [0.1, 0.15) is 0 Å². The minimum atomic E-state index is 0.0312. The monoisotopic (exact) mass is 279 g/mol. The molecule has 0 unspecified atom stereocenters. The molecule has 0 bridgehead atoms. The van der Waals surface area contributed by atoms with Crippen LogP contribution in [-0.4, -0.2) is 5.54 Å². The first-order valence-corrected chi connectivity index (χ1v) is 7.93. The summed E-state index contributed by atoms with van der Waals surface area (Å²) in [6.45, 7) is 4.57. The second-order valence-electron chi connectivity index (χ2n) is 7.16. The van der Waals surface area contributed by atoms with Gasteiger partial charge in [-0.25, -0.2) is 0 Å². The summed E-state index contributed by atoms with van der Waals surface area (Å²) in [7, 11) is 0. The lowest BCUT2D eigenvalue weighted by molar-refractivity contribution is 0.227. The standard InChI is InChI=1S/C20H25N/c1-19(12-14-20(2,21)15-13-19)18-10-8-17(9-11-18)16-6-4-3-5-7-16/h3-11H,12-15,21H2,1-2H3. The van der Waals surface area contributed by atoms with Gasteiger partial charge in [-0.05, 0) is 54.7 Å². The lowest BCUT2D eigenvalue weighted by Crippen LogP contribution is -2.44. The first kappa shape index (κ1) is 14.3. The lowest BCUT2D eigenvalue weighted by atomic mass is 9.66. The molecular weight excluding hydrogens is 254 g/mol. The zero-order chi connectivity index (χ0) is 14.9. The van der Waals surface area contributed by atoms with E-state index in [0.29, 0.717) is 0 Å². The highest BCUT2D eigenvalue weighted by atomic mass is 14.7. The first-order valence-electron chi connectivity index (χ1n) is 7.93. The SMILES string of the molecule is CC1(N)CCC(C)(c2ccc(-c3ccccc3)cc2)CC1. The van der Waals surface area contributed by atoms with Crippen molar-refractivity contribution in [3.63, 3.8) is 0 Å². The molecule has 0 amide bonds. The largest absolute Gasteiger partial charge is 0.325 e. The van der Waals surface area contributed by atoms with E-state index in [9.17, 15) is 0 Å². The van der Waals surface area contributed by atoms with Crippen molar-refractivity contribution in [1.82, 2.24) is 0 Å². The molecule has 1 aliphatic rings. The van der Waals surface area contributed by atoms with Gasteiger partial charge >= 0.3 is 0 Å².